The zero-order valence-corrected chi connectivity index (χ0v) is 8.26. The van der Waals surface area contributed by atoms with Gasteiger partial charge in [0.25, 0.3) is 0 Å². The highest BCUT2D eigenvalue weighted by atomic mass is 79.9. The van der Waals surface area contributed by atoms with E-state index in [1.165, 1.54) is 0 Å². The van der Waals surface area contributed by atoms with Crippen LogP contribution < -0.4 is 0 Å². The van der Waals surface area contributed by atoms with Gasteiger partial charge in [-0.1, -0.05) is 11.6 Å². The minimum Gasteiger partial charge on any atom is -0.206 e. The standard InChI is InChI=1S/C7H2BrClF4/c8-5-4(10)2-1-3(6(5)9)7(11,12)13/h1-2H. The zero-order chi connectivity index (χ0) is 10.2. The van der Waals surface area contributed by atoms with E-state index in [0.717, 1.165) is 0 Å². The van der Waals surface area contributed by atoms with Crippen LogP contribution in [0.15, 0.2) is 16.6 Å². The average molecular weight is 277 g/mol. The summed E-state index contributed by atoms with van der Waals surface area (Å²) in [5, 5.41) is -0.660. The first-order chi connectivity index (χ1) is 5.84. The fourth-order valence-electron chi connectivity index (χ4n) is 0.745. The van der Waals surface area contributed by atoms with Crippen LogP contribution in [0, 0.1) is 5.82 Å². The number of hydrogen-bond acceptors (Lipinski definition) is 0. The third kappa shape index (κ3) is 2.14. The van der Waals surface area contributed by atoms with Crippen LogP contribution in [0.2, 0.25) is 5.02 Å². The first kappa shape index (κ1) is 10.8. The van der Waals surface area contributed by atoms with Crippen LogP contribution in [0.1, 0.15) is 5.56 Å². The molecule has 0 heterocycles. The van der Waals surface area contributed by atoms with E-state index < -0.39 is 22.6 Å². The van der Waals surface area contributed by atoms with Gasteiger partial charge in [-0.25, -0.2) is 4.39 Å². The molecule has 0 unspecified atom stereocenters. The molecule has 1 rings (SSSR count). The van der Waals surface area contributed by atoms with E-state index in [1.54, 1.807) is 0 Å². The molecule has 0 aliphatic heterocycles. The van der Waals surface area contributed by atoms with Gasteiger partial charge in [-0.3, -0.25) is 0 Å². The Morgan fingerprint density at radius 2 is 1.77 bits per heavy atom. The van der Waals surface area contributed by atoms with E-state index in [9.17, 15) is 17.6 Å². The van der Waals surface area contributed by atoms with E-state index in [1.807, 2.05) is 0 Å². The maximum Gasteiger partial charge on any atom is 0.417 e. The number of alkyl halides is 3. The summed E-state index contributed by atoms with van der Waals surface area (Å²) in [5.74, 6) is -0.821. The molecule has 0 atom stereocenters. The summed E-state index contributed by atoms with van der Waals surface area (Å²) in [5.41, 5.74) is -1.05. The van der Waals surface area contributed by atoms with Crippen LogP contribution in [0.4, 0.5) is 17.6 Å². The van der Waals surface area contributed by atoms with Crippen molar-refractivity contribution in [2.75, 3.05) is 0 Å². The molecule has 0 amide bonds. The van der Waals surface area contributed by atoms with Crippen molar-refractivity contribution in [3.63, 3.8) is 0 Å². The van der Waals surface area contributed by atoms with Crippen molar-refractivity contribution >= 4 is 27.5 Å². The molecule has 0 aromatic heterocycles. The molecule has 0 spiro atoms. The topological polar surface area (TPSA) is 0 Å². The molecule has 1 aromatic rings. The van der Waals surface area contributed by atoms with Gasteiger partial charge in [0, 0.05) is 0 Å². The molecule has 0 fully saturated rings. The van der Waals surface area contributed by atoms with Gasteiger partial charge in [0.15, 0.2) is 0 Å². The summed E-state index contributed by atoms with van der Waals surface area (Å²) in [7, 11) is 0. The fourth-order valence-corrected chi connectivity index (χ4v) is 1.35. The Balaban J connectivity index is 3.35. The molecular weight excluding hydrogens is 275 g/mol. The van der Waals surface area contributed by atoms with Crippen molar-refractivity contribution in [1.82, 2.24) is 0 Å². The Labute approximate surface area is 84.6 Å². The molecule has 0 aliphatic carbocycles. The van der Waals surface area contributed by atoms with Gasteiger partial charge >= 0.3 is 6.18 Å². The van der Waals surface area contributed by atoms with Crippen LogP contribution in [-0.4, -0.2) is 0 Å². The molecule has 72 valence electrons. The fraction of sp³-hybridized carbons (Fsp3) is 0.143. The van der Waals surface area contributed by atoms with Gasteiger partial charge in [0.2, 0.25) is 0 Å². The second kappa shape index (κ2) is 3.46. The average Bonchev–Trinajstić information content (AvgIpc) is 1.98. The number of rotatable bonds is 0. The van der Waals surface area contributed by atoms with Gasteiger partial charge in [0.05, 0.1) is 15.1 Å². The molecule has 0 saturated heterocycles. The second-order valence-corrected chi connectivity index (χ2v) is 3.39. The lowest BCUT2D eigenvalue weighted by molar-refractivity contribution is -0.137. The molecule has 0 aliphatic rings. The molecule has 0 bridgehead atoms. The van der Waals surface area contributed by atoms with Gasteiger partial charge < -0.3 is 0 Å². The Morgan fingerprint density at radius 3 is 2.23 bits per heavy atom. The van der Waals surface area contributed by atoms with Crippen molar-refractivity contribution in [2.24, 2.45) is 0 Å². The van der Waals surface area contributed by atoms with Crippen molar-refractivity contribution in [1.29, 1.82) is 0 Å². The third-order valence-electron chi connectivity index (χ3n) is 1.34. The maximum absolute atomic E-state index is 12.6. The van der Waals surface area contributed by atoms with Gasteiger partial charge in [-0.05, 0) is 28.1 Å². The molecule has 1 aromatic carbocycles. The minimum atomic E-state index is -4.56. The Kier molecular flexibility index (Phi) is 2.87. The largest absolute Gasteiger partial charge is 0.417 e. The van der Waals surface area contributed by atoms with E-state index in [2.05, 4.69) is 15.9 Å². The highest BCUT2D eigenvalue weighted by Gasteiger charge is 2.34. The lowest BCUT2D eigenvalue weighted by Crippen LogP contribution is -2.06. The van der Waals surface area contributed by atoms with Crippen molar-refractivity contribution < 1.29 is 17.6 Å². The predicted molar refractivity (Wildman–Crippen MR) is 44.1 cm³/mol. The first-order valence-electron chi connectivity index (χ1n) is 3.04. The summed E-state index contributed by atoms with van der Waals surface area (Å²) in [4.78, 5) is 0. The molecule has 0 nitrogen and oxygen atoms in total. The van der Waals surface area contributed by atoms with Gasteiger partial charge in [-0.2, -0.15) is 13.2 Å². The van der Waals surface area contributed by atoms with Gasteiger partial charge in [0.1, 0.15) is 5.82 Å². The van der Waals surface area contributed by atoms with Crippen molar-refractivity contribution in [2.45, 2.75) is 6.18 Å². The van der Waals surface area contributed by atoms with Crippen LogP contribution >= 0.6 is 27.5 Å². The predicted octanol–water partition coefficient (Wildman–Crippen LogP) is 4.26. The SMILES string of the molecule is Fc1ccc(C(F)(F)F)c(Cl)c1Br. The molecule has 0 saturated carbocycles. The van der Waals surface area contributed by atoms with Crippen LogP contribution in [-0.2, 0) is 6.18 Å². The Bertz CT molecular complexity index is 334. The number of halogens is 6. The summed E-state index contributed by atoms with van der Waals surface area (Å²) in [6.45, 7) is 0. The van der Waals surface area contributed by atoms with Crippen molar-refractivity contribution in [3.05, 3.63) is 33.0 Å². The Morgan fingerprint density at radius 1 is 1.23 bits per heavy atom. The number of benzene rings is 1. The minimum absolute atomic E-state index is 0.371. The zero-order valence-electron chi connectivity index (χ0n) is 5.92. The van der Waals surface area contributed by atoms with Crippen LogP contribution in [0.5, 0.6) is 0 Å². The second-order valence-electron chi connectivity index (χ2n) is 2.22. The summed E-state index contributed by atoms with van der Waals surface area (Å²) in [6, 6.07) is 1.31. The molecule has 0 N–H and O–H groups in total. The molecule has 13 heavy (non-hydrogen) atoms. The van der Waals surface area contributed by atoms with E-state index >= 15 is 0 Å². The highest BCUT2D eigenvalue weighted by Crippen LogP contribution is 2.38. The lowest BCUT2D eigenvalue weighted by Gasteiger charge is -2.09. The molecular formula is C7H2BrClF4. The quantitative estimate of drug-likeness (QED) is 0.491. The van der Waals surface area contributed by atoms with E-state index in [-0.39, 0.29) is 4.47 Å². The van der Waals surface area contributed by atoms with E-state index in [4.69, 9.17) is 11.6 Å². The lowest BCUT2D eigenvalue weighted by atomic mass is 10.2. The highest BCUT2D eigenvalue weighted by molar-refractivity contribution is 9.10. The number of hydrogen-bond donors (Lipinski definition) is 0. The summed E-state index contributed by atoms with van der Waals surface area (Å²) in [6.07, 6.45) is -4.56. The monoisotopic (exact) mass is 276 g/mol. The normalized spacial score (nSPS) is 11.8. The van der Waals surface area contributed by atoms with Gasteiger partial charge in [-0.15, -0.1) is 0 Å². The van der Waals surface area contributed by atoms with Crippen LogP contribution in [0.3, 0.4) is 0 Å². The molecule has 6 heteroatoms. The smallest absolute Gasteiger partial charge is 0.206 e. The van der Waals surface area contributed by atoms with Crippen LogP contribution in [0.25, 0.3) is 0 Å². The maximum atomic E-state index is 12.6. The Hall–Kier alpha value is -0.290. The van der Waals surface area contributed by atoms with E-state index in [0.29, 0.717) is 12.1 Å². The first-order valence-corrected chi connectivity index (χ1v) is 4.22. The third-order valence-corrected chi connectivity index (χ3v) is 2.74. The summed E-state index contributed by atoms with van der Waals surface area (Å²) < 4.78 is 48.7. The van der Waals surface area contributed by atoms with Crippen molar-refractivity contribution in [3.8, 4) is 0 Å². The molecule has 0 radical (unpaired) electrons. The summed E-state index contributed by atoms with van der Waals surface area (Å²) >= 11 is 7.89.